The van der Waals surface area contributed by atoms with E-state index in [4.69, 9.17) is 5.21 Å². The van der Waals surface area contributed by atoms with E-state index in [-0.39, 0.29) is 0 Å². The van der Waals surface area contributed by atoms with Crippen molar-refractivity contribution in [3.8, 4) is 0 Å². The van der Waals surface area contributed by atoms with Crippen LogP contribution in [0.2, 0.25) is 0 Å². The van der Waals surface area contributed by atoms with Gasteiger partial charge < -0.3 is 5.21 Å². The molecule has 1 aromatic rings. The van der Waals surface area contributed by atoms with Crippen LogP contribution in [-0.4, -0.2) is 13.6 Å². The number of hydrogen-bond acceptors (Lipinski definition) is 3. The van der Waals surface area contributed by atoms with Crippen LogP contribution in [0.25, 0.3) is 0 Å². The zero-order valence-corrected chi connectivity index (χ0v) is 6.98. The Morgan fingerprint density at radius 2 is 1.92 bits per heavy atom. The highest BCUT2D eigenvalue weighted by Gasteiger charge is 2.18. The van der Waals surface area contributed by atoms with E-state index in [1.165, 1.54) is 0 Å². The summed E-state index contributed by atoms with van der Waals surface area (Å²) in [6.07, 6.45) is 0. The molecule has 0 aliphatic heterocycles. The van der Waals surface area contributed by atoms with Crippen LogP contribution in [0.15, 0.2) is 23.1 Å². The van der Waals surface area contributed by atoms with E-state index in [2.05, 4.69) is 0 Å². The molecule has 0 aromatic heterocycles. The summed E-state index contributed by atoms with van der Waals surface area (Å²) in [6, 6.07) is 1.89. The van der Waals surface area contributed by atoms with Crippen molar-refractivity contribution in [2.45, 2.75) is 4.90 Å². The average molecular weight is 209 g/mol. The summed E-state index contributed by atoms with van der Waals surface area (Å²) < 4.78 is 46.8. The molecule has 0 amide bonds. The third-order valence-corrected chi connectivity index (χ3v) is 2.44. The smallest absolute Gasteiger partial charge is 0.265 e. The first kappa shape index (κ1) is 10.0. The van der Waals surface area contributed by atoms with E-state index in [9.17, 15) is 17.2 Å². The molecule has 0 bridgehead atoms. The highest BCUT2D eigenvalue weighted by molar-refractivity contribution is 7.89. The first-order valence-electron chi connectivity index (χ1n) is 3.08. The molecule has 0 saturated carbocycles. The Kier molecular flexibility index (Phi) is 2.60. The molecule has 0 spiro atoms. The van der Waals surface area contributed by atoms with Crippen LogP contribution < -0.4 is 4.89 Å². The molecule has 0 atom stereocenters. The van der Waals surface area contributed by atoms with E-state index in [0.717, 1.165) is 11.0 Å². The first-order valence-corrected chi connectivity index (χ1v) is 4.56. The van der Waals surface area contributed by atoms with Gasteiger partial charge in [-0.3, -0.25) is 0 Å². The number of halogens is 2. The molecule has 13 heavy (non-hydrogen) atoms. The summed E-state index contributed by atoms with van der Waals surface area (Å²) in [5.41, 5.74) is 0. The molecule has 72 valence electrons. The number of sulfonamides is 1. The Morgan fingerprint density at radius 3 is 2.46 bits per heavy atom. The van der Waals surface area contributed by atoms with Gasteiger partial charge in [0.1, 0.15) is 16.5 Å². The lowest BCUT2D eigenvalue weighted by Gasteiger charge is -2.01. The van der Waals surface area contributed by atoms with Gasteiger partial charge in [-0.2, -0.15) is 0 Å². The Bertz CT molecular complexity index is 418. The van der Waals surface area contributed by atoms with Crippen LogP contribution in [0.4, 0.5) is 8.78 Å². The van der Waals surface area contributed by atoms with Crippen LogP contribution in [0.3, 0.4) is 0 Å². The van der Waals surface area contributed by atoms with Gasteiger partial charge >= 0.3 is 0 Å². The molecule has 0 saturated heterocycles. The number of benzene rings is 1. The van der Waals surface area contributed by atoms with Crippen molar-refractivity contribution < 1.29 is 22.4 Å². The zero-order valence-electron chi connectivity index (χ0n) is 6.16. The molecule has 0 unspecified atom stereocenters. The molecule has 7 heteroatoms. The SMILES string of the molecule is O=S(=O)(NO)c1cc(F)ccc1F. The fourth-order valence-corrected chi connectivity index (χ4v) is 1.42. The molecule has 0 aliphatic carbocycles. The summed E-state index contributed by atoms with van der Waals surface area (Å²) in [6.45, 7) is 0. The van der Waals surface area contributed by atoms with Gasteiger partial charge in [-0.05, 0) is 18.2 Å². The van der Waals surface area contributed by atoms with E-state index >= 15 is 0 Å². The van der Waals surface area contributed by atoms with Crippen molar-refractivity contribution in [1.82, 2.24) is 4.89 Å². The van der Waals surface area contributed by atoms with Gasteiger partial charge in [0.25, 0.3) is 10.0 Å². The Labute approximate surface area is 72.8 Å². The molecule has 0 fully saturated rings. The zero-order chi connectivity index (χ0) is 10.1. The highest BCUT2D eigenvalue weighted by Crippen LogP contribution is 2.14. The van der Waals surface area contributed by atoms with Crippen LogP contribution in [0, 0.1) is 11.6 Å². The molecular formula is C6H5F2NO3S. The third-order valence-electron chi connectivity index (χ3n) is 1.30. The fourth-order valence-electron chi connectivity index (χ4n) is 0.732. The normalized spacial score (nSPS) is 11.6. The number of rotatable bonds is 2. The maximum Gasteiger partial charge on any atom is 0.265 e. The summed E-state index contributed by atoms with van der Waals surface area (Å²) in [5.74, 6) is -2.04. The molecule has 0 aliphatic rings. The summed E-state index contributed by atoms with van der Waals surface area (Å²) in [7, 11) is -4.36. The van der Waals surface area contributed by atoms with E-state index in [1.807, 2.05) is 0 Å². The van der Waals surface area contributed by atoms with E-state index in [0.29, 0.717) is 12.1 Å². The van der Waals surface area contributed by atoms with E-state index in [1.54, 1.807) is 0 Å². The second kappa shape index (κ2) is 3.36. The molecule has 2 N–H and O–H groups in total. The molecule has 0 radical (unpaired) electrons. The van der Waals surface area contributed by atoms with Crippen molar-refractivity contribution in [2.24, 2.45) is 0 Å². The van der Waals surface area contributed by atoms with Gasteiger partial charge in [0.2, 0.25) is 0 Å². The second-order valence-corrected chi connectivity index (χ2v) is 3.80. The minimum absolute atomic E-state index is 0.466. The molecular weight excluding hydrogens is 204 g/mol. The minimum atomic E-state index is -4.36. The van der Waals surface area contributed by atoms with Gasteiger partial charge in [0.15, 0.2) is 0 Å². The minimum Gasteiger partial charge on any atom is -0.302 e. The number of hydrogen-bond donors (Lipinski definition) is 2. The Balaban J connectivity index is 3.38. The van der Waals surface area contributed by atoms with Gasteiger partial charge in [-0.15, -0.1) is 0 Å². The van der Waals surface area contributed by atoms with Gasteiger partial charge in [-0.1, -0.05) is 4.89 Å². The van der Waals surface area contributed by atoms with Crippen LogP contribution in [-0.2, 0) is 10.0 Å². The standard InChI is InChI=1S/C6H5F2NO3S/c7-4-1-2-5(8)6(3-4)13(11,12)9-10/h1-3,9-10H. The molecule has 0 heterocycles. The van der Waals surface area contributed by atoms with Crippen molar-refractivity contribution in [3.63, 3.8) is 0 Å². The topological polar surface area (TPSA) is 66.4 Å². The predicted octanol–water partition coefficient (Wildman–Crippen LogP) is 0.632. The lowest BCUT2D eigenvalue weighted by atomic mass is 10.3. The van der Waals surface area contributed by atoms with Gasteiger partial charge in [0.05, 0.1) is 0 Å². The van der Waals surface area contributed by atoms with Crippen molar-refractivity contribution in [1.29, 1.82) is 0 Å². The fraction of sp³-hybridized carbons (Fsp3) is 0. The maximum atomic E-state index is 12.8. The van der Waals surface area contributed by atoms with Crippen molar-refractivity contribution in [2.75, 3.05) is 0 Å². The first-order chi connectivity index (χ1) is 5.97. The summed E-state index contributed by atoms with van der Waals surface area (Å²) >= 11 is 0. The number of nitrogens with one attached hydrogen (secondary N) is 1. The van der Waals surface area contributed by atoms with Crippen LogP contribution >= 0.6 is 0 Å². The lowest BCUT2D eigenvalue weighted by Crippen LogP contribution is -2.20. The van der Waals surface area contributed by atoms with Crippen LogP contribution in [0.1, 0.15) is 0 Å². The summed E-state index contributed by atoms with van der Waals surface area (Å²) in [4.78, 5) is -0.0440. The largest absolute Gasteiger partial charge is 0.302 e. The lowest BCUT2D eigenvalue weighted by molar-refractivity contribution is 0.242. The monoisotopic (exact) mass is 209 g/mol. The molecule has 1 rings (SSSR count). The van der Waals surface area contributed by atoms with Crippen molar-refractivity contribution in [3.05, 3.63) is 29.8 Å². The average Bonchev–Trinajstić information content (AvgIpc) is 2.09. The van der Waals surface area contributed by atoms with Gasteiger partial charge in [0, 0.05) is 0 Å². The van der Waals surface area contributed by atoms with Crippen molar-refractivity contribution >= 4 is 10.0 Å². The quantitative estimate of drug-likeness (QED) is 0.702. The molecule has 1 aromatic carbocycles. The maximum absolute atomic E-state index is 12.8. The second-order valence-electron chi connectivity index (χ2n) is 2.17. The highest BCUT2D eigenvalue weighted by atomic mass is 32.2. The third kappa shape index (κ3) is 2.00. The Morgan fingerprint density at radius 1 is 1.31 bits per heavy atom. The Hall–Kier alpha value is -1.05. The summed E-state index contributed by atoms with van der Waals surface area (Å²) in [5, 5.41) is 8.14. The molecule has 4 nitrogen and oxygen atoms in total. The van der Waals surface area contributed by atoms with Gasteiger partial charge in [-0.25, -0.2) is 17.2 Å². The predicted molar refractivity (Wildman–Crippen MR) is 38.5 cm³/mol. The van der Waals surface area contributed by atoms with Crippen LogP contribution in [0.5, 0.6) is 0 Å². The van der Waals surface area contributed by atoms with E-state index < -0.39 is 26.6 Å².